The van der Waals surface area contributed by atoms with Crippen molar-refractivity contribution in [2.45, 2.75) is 128 Å². The second-order valence-electron chi connectivity index (χ2n) is 14.3. The van der Waals surface area contributed by atoms with Gasteiger partial charge in [0.2, 0.25) is 5.91 Å². The molecule has 4 rings (SSSR count). The third-order valence-electron chi connectivity index (χ3n) is 10.2. The van der Waals surface area contributed by atoms with Gasteiger partial charge in [-0.3, -0.25) is 9.69 Å². The molecular weight excluding hydrogens is 651 g/mol. The predicted octanol–water partition coefficient (Wildman–Crippen LogP) is 8.55. The molecule has 2 heterocycles. The number of unbranched alkanes of at least 4 members (excludes halogenated alkanes) is 8. The van der Waals surface area contributed by atoms with Crippen LogP contribution in [0.4, 0.5) is 0 Å². The normalized spacial score (nSPS) is 20.2. The van der Waals surface area contributed by atoms with Crippen molar-refractivity contribution in [2.24, 2.45) is 11.8 Å². The summed E-state index contributed by atoms with van der Waals surface area (Å²) in [5.74, 6) is -4.07. The number of aliphatic hydroxyl groups is 1. The van der Waals surface area contributed by atoms with Gasteiger partial charge in [0.05, 0.1) is 25.2 Å². The number of benzene rings is 2. The maximum atomic E-state index is 14.5. The van der Waals surface area contributed by atoms with Crippen molar-refractivity contribution in [3.05, 3.63) is 83.9 Å². The third kappa shape index (κ3) is 9.21. The summed E-state index contributed by atoms with van der Waals surface area (Å²) in [5.41, 5.74) is -1.86. The van der Waals surface area contributed by atoms with Crippen LogP contribution in [0.2, 0.25) is 0 Å². The van der Waals surface area contributed by atoms with Gasteiger partial charge in [-0.2, -0.15) is 0 Å². The van der Waals surface area contributed by atoms with Gasteiger partial charge in [0, 0.05) is 24.0 Å². The molecule has 274 valence electrons. The maximum Gasteiger partial charge on any atom is 0.336 e. The SMILES string of the molecule is CCCCCCCC1(CCCCCCC=CC(C(=O)N2C(=S)OC(c3ccccc3)(c3ccccc3)[C@@H]2C(C)C)C(C)(O)C(=O)O)OCCO1. The first-order valence-electron chi connectivity index (χ1n) is 18.6. The molecule has 0 aliphatic carbocycles. The first kappa shape index (κ1) is 39.7. The maximum absolute atomic E-state index is 14.5. The lowest BCUT2D eigenvalue weighted by Crippen LogP contribution is -2.55. The number of thiocarbonyl (C=S) groups is 1. The zero-order chi connectivity index (χ0) is 36.2. The summed E-state index contributed by atoms with van der Waals surface area (Å²) in [7, 11) is 0. The minimum Gasteiger partial charge on any atom is -0.479 e. The first-order valence-corrected chi connectivity index (χ1v) is 19.0. The fourth-order valence-corrected chi connectivity index (χ4v) is 7.81. The lowest BCUT2D eigenvalue weighted by atomic mass is 9.75. The van der Waals surface area contributed by atoms with Gasteiger partial charge in [-0.25, -0.2) is 4.79 Å². The molecule has 9 heteroatoms. The molecule has 8 nitrogen and oxygen atoms in total. The van der Waals surface area contributed by atoms with E-state index in [-0.39, 0.29) is 11.1 Å². The van der Waals surface area contributed by atoms with Crippen LogP contribution in [0, 0.1) is 11.8 Å². The number of amides is 1. The van der Waals surface area contributed by atoms with Crippen molar-refractivity contribution in [1.29, 1.82) is 0 Å². The van der Waals surface area contributed by atoms with E-state index in [2.05, 4.69) is 6.92 Å². The van der Waals surface area contributed by atoms with E-state index in [1.165, 1.54) is 43.6 Å². The van der Waals surface area contributed by atoms with Gasteiger partial charge in [0.1, 0.15) is 0 Å². The molecule has 0 aromatic heterocycles. The van der Waals surface area contributed by atoms with Gasteiger partial charge in [-0.05, 0) is 50.7 Å². The largest absolute Gasteiger partial charge is 0.479 e. The van der Waals surface area contributed by atoms with Gasteiger partial charge in [0.25, 0.3) is 5.17 Å². The monoisotopic (exact) mass is 707 g/mol. The fourth-order valence-electron chi connectivity index (χ4n) is 7.48. The summed E-state index contributed by atoms with van der Waals surface area (Å²) in [6.45, 7) is 8.69. The van der Waals surface area contributed by atoms with Crippen LogP contribution in [-0.2, 0) is 29.4 Å². The molecule has 3 atom stereocenters. The Morgan fingerprint density at radius 2 is 1.42 bits per heavy atom. The summed E-state index contributed by atoms with van der Waals surface area (Å²) < 4.78 is 18.7. The molecule has 0 saturated carbocycles. The molecule has 2 aliphatic heterocycles. The Kier molecular flexibility index (Phi) is 14.6. The molecule has 0 spiro atoms. The van der Waals surface area contributed by atoms with E-state index in [1.54, 1.807) is 0 Å². The smallest absolute Gasteiger partial charge is 0.336 e. The molecule has 0 bridgehead atoms. The number of nitrogens with zero attached hydrogens (tertiary/aromatic N) is 1. The van der Waals surface area contributed by atoms with E-state index in [4.69, 9.17) is 26.4 Å². The Hall–Kier alpha value is -3.11. The first-order chi connectivity index (χ1) is 24.0. The highest BCUT2D eigenvalue weighted by Gasteiger charge is 2.59. The summed E-state index contributed by atoms with van der Waals surface area (Å²) in [6.07, 6.45) is 15.8. The van der Waals surface area contributed by atoms with Crippen molar-refractivity contribution in [2.75, 3.05) is 13.2 Å². The minimum atomic E-state index is -2.37. The van der Waals surface area contributed by atoms with E-state index in [0.717, 1.165) is 56.1 Å². The lowest BCUT2D eigenvalue weighted by molar-refractivity contribution is -0.168. The number of carboxylic acid groups (broad SMARTS) is 1. The summed E-state index contributed by atoms with van der Waals surface area (Å²) in [5, 5.41) is 21.3. The Balaban J connectivity index is 1.44. The molecule has 2 fully saturated rings. The van der Waals surface area contributed by atoms with Crippen LogP contribution >= 0.6 is 12.2 Å². The number of carbonyl (C=O) groups excluding carboxylic acids is 1. The van der Waals surface area contributed by atoms with Crippen molar-refractivity contribution in [3.8, 4) is 0 Å². The molecular formula is C41H57NO7S. The number of carboxylic acids is 1. The molecule has 2 N–H and O–H groups in total. The number of hydrogen-bond acceptors (Lipinski definition) is 7. The molecule has 2 aliphatic rings. The van der Waals surface area contributed by atoms with E-state index < -0.39 is 40.8 Å². The van der Waals surface area contributed by atoms with Crippen LogP contribution in [0.25, 0.3) is 0 Å². The fraction of sp³-hybridized carbons (Fsp3) is 0.585. The molecule has 2 unspecified atom stereocenters. The van der Waals surface area contributed by atoms with Crippen LogP contribution in [0.15, 0.2) is 72.8 Å². The highest BCUT2D eigenvalue weighted by Crippen LogP contribution is 2.48. The van der Waals surface area contributed by atoms with Crippen LogP contribution < -0.4 is 0 Å². The number of allylic oxidation sites excluding steroid dienone is 1. The highest BCUT2D eigenvalue weighted by molar-refractivity contribution is 7.80. The number of rotatable bonds is 20. The van der Waals surface area contributed by atoms with Gasteiger partial charge < -0.3 is 24.4 Å². The van der Waals surface area contributed by atoms with Gasteiger partial charge in [0.15, 0.2) is 17.0 Å². The Morgan fingerprint density at radius 1 is 0.900 bits per heavy atom. The van der Waals surface area contributed by atoms with Crippen molar-refractivity contribution in [1.82, 2.24) is 4.90 Å². The number of ether oxygens (including phenoxy) is 3. The molecule has 2 saturated heterocycles. The van der Waals surface area contributed by atoms with Gasteiger partial charge in [-0.1, -0.05) is 132 Å². The standard InChI is InChI=1S/C41H57NO7S/c1-5-6-7-11-20-27-40(47-29-30-48-40)28-21-12-9-8-10-19-26-34(39(4,46)37(44)45)36(43)42-35(31(2)3)41(49-38(42)50,32-22-15-13-16-23-32)33-24-17-14-18-25-33/h13-19,22-26,31,34-35,46H,5-12,20-21,27-30H2,1-4H3,(H,44,45)/t34?,35-,39?/m0/s1. The van der Waals surface area contributed by atoms with Crippen molar-refractivity contribution in [3.63, 3.8) is 0 Å². The summed E-state index contributed by atoms with van der Waals surface area (Å²) >= 11 is 5.76. The van der Waals surface area contributed by atoms with E-state index in [9.17, 15) is 19.8 Å². The van der Waals surface area contributed by atoms with Gasteiger partial charge >= 0.3 is 5.97 Å². The van der Waals surface area contributed by atoms with E-state index in [1.807, 2.05) is 80.6 Å². The summed E-state index contributed by atoms with van der Waals surface area (Å²) in [6, 6.07) is 18.7. The third-order valence-corrected chi connectivity index (χ3v) is 10.5. The highest BCUT2D eigenvalue weighted by atomic mass is 32.1. The number of hydrogen-bond donors (Lipinski definition) is 2. The minimum absolute atomic E-state index is 0.0463. The average Bonchev–Trinajstić information content (AvgIpc) is 3.71. The van der Waals surface area contributed by atoms with Crippen molar-refractivity contribution < 1.29 is 34.0 Å². The number of carbonyl (C=O) groups is 2. The Labute approximate surface area is 304 Å². The molecule has 2 aromatic rings. The lowest BCUT2D eigenvalue weighted by Gasteiger charge is -2.39. The molecule has 1 amide bonds. The average molecular weight is 708 g/mol. The zero-order valence-corrected chi connectivity index (χ0v) is 31.2. The molecule has 50 heavy (non-hydrogen) atoms. The predicted molar refractivity (Wildman–Crippen MR) is 199 cm³/mol. The van der Waals surface area contributed by atoms with Crippen molar-refractivity contribution >= 4 is 29.3 Å². The van der Waals surface area contributed by atoms with Gasteiger partial charge in [-0.15, -0.1) is 0 Å². The van der Waals surface area contributed by atoms with E-state index in [0.29, 0.717) is 19.6 Å². The van der Waals surface area contributed by atoms with Crippen LogP contribution in [0.1, 0.15) is 116 Å². The molecule has 2 aromatic carbocycles. The van der Waals surface area contributed by atoms with Crippen LogP contribution in [0.3, 0.4) is 0 Å². The second-order valence-corrected chi connectivity index (χ2v) is 14.7. The molecule has 0 radical (unpaired) electrons. The van der Waals surface area contributed by atoms with E-state index >= 15 is 0 Å². The van der Waals surface area contributed by atoms with Crippen LogP contribution in [-0.4, -0.2) is 62.8 Å². The summed E-state index contributed by atoms with van der Waals surface area (Å²) in [4.78, 5) is 28.3. The Bertz CT molecular complexity index is 1370. The Morgan fingerprint density at radius 3 is 1.92 bits per heavy atom. The van der Waals surface area contributed by atoms with Crippen LogP contribution in [0.5, 0.6) is 0 Å². The second kappa shape index (κ2) is 18.4. The topological polar surface area (TPSA) is 106 Å². The quantitative estimate of drug-likeness (QED) is 0.0802. The zero-order valence-electron chi connectivity index (χ0n) is 30.4. The number of aliphatic carboxylic acids is 1.